The molecule has 63 heavy (non-hydrogen) atoms. The molecule has 2 aromatic carbocycles. The number of rotatable bonds is 11. The number of terminal acetylenes is 2. The Morgan fingerprint density at radius 1 is 0.683 bits per heavy atom. The number of aliphatic hydroxyl groups excluding tert-OH is 1. The van der Waals surface area contributed by atoms with E-state index in [4.69, 9.17) is 37.5 Å². The number of hydrogen-bond acceptors (Lipinski definition) is 12. The van der Waals surface area contributed by atoms with Crippen LogP contribution in [0.4, 0.5) is 23.5 Å². The minimum absolute atomic E-state index is 0.0709. The number of ether oxygens (including phenoxy) is 1. The van der Waals surface area contributed by atoms with Crippen molar-refractivity contribution in [3.63, 3.8) is 0 Å². The molecule has 0 spiro atoms. The second-order valence-corrected chi connectivity index (χ2v) is 21.0. The lowest BCUT2D eigenvalue weighted by Gasteiger charge is -2.33. The zero-order valence-electron chi connectivity index (χ0n) is 36.0. The van der Waals surface area contributed by atoms with Gasteiger partial charge in [-0.1, -0.05) is 36.1 Å². The second-order valence-electron chi connectivity index (χ2n) is 17.9. The fourth-order valence-corrected chi connectivity index (χ4v) is 12.0. The average molecular weight is 887 g/mol. The first kappa shape index (κ1) is 43.4. The Balaban J connectivity index is 0.000000160. The predicted octanol–water partition coefficient (Wildman–Crippen LogP) is 5.69. The molecule has 12 nitrogen and oxygen atoms in total. The molecule has 4 fully saturated rings. The third-order valence-corrected chi connectivity index (χ3v) is 16.5. The minimum Gasteiger partial charge on any atom is -0.394 e. The zero-order chi connectivity index (χ0) is 43.3. The first-order chi connectivity index (χ1) is 30.8. The fraction of sp³-hybridized carbons (Fsp3) is 0.510. The van der Waals surface area contributed by atoms with Crippen LogP contribution in [0.3, 0.4) is 0 Å². The highest BCUT2D eigenvalue weighted by molar-refractivity contribution is 7.85. The van der Waals surface area contributed by atoms with E-state index in [9.17, 15) is 13.5 Å². The molecule has 0 radical (unpaired) electrons. The van der Waals surface area contributed by atoms with Crippen LogP contribution in [-0.2, 0) is 52.0 Å². The fourth-order valence-electron chi connectivity index (χ4n) is 9.41. The minimum atomic E-state index is -1.06. The molecule has 2 aromatic heterocycles. The molecule has 0 bridgehead atoms. The second kappa shape index (κ2) is 19.5. The number of piperidine rings is 2. The molecular weight excluding hydrogens is 829 g/mol. The Morgan fingerprint density at radius 3 is 1.59 bits per heavy atom. The van der Waals surface area contributed by atoms with Crippen LogP contribution in [0.1, 0.15) is 85.0 Å². The zero-order valence-corrected chi connectivity index (χ0v) is 37.7. The highest BCUT2D eigenvalue weighted by Crippen LogP contribution is 2.41. The molecule has 0 amide bonds. The van der Waals surface area contributed by atoms with Crippen molar-refractivity contribution < 1.29 is 18.3 Å². The Hall–Kier alpha value is -4.86. The number of aliphatic hydroxyl groups is 1. The maximum Gasteiger partial charge on any atom is 0.227 e. The molecule has 10 rings (SSSR count). The molecule has 14 heteroatoms. The first-order valence-corrected chi connectivity index (χ1v) is 25.4. The number of fused-ring (bicyclic) bond motifs is 2. The third kappa shape index (κ3) is 10.3. The number of hydrogen-bond donors (Lipinski definition) is 3. The van der Waals surface area contributed by atoms with Crippen LogP contribution in [0, 0.1) is 36.5 Å². The van der Waals surface area contributed by atoms with Crippen LogP contribution >= 0.6 is 0 Å². The van der Waals surface area contributed by atoms with Crippen molar-refractivity contribution in [3.8, 4) is 24.7 Å². The van der Waals surface area contributed by atoms with Crippen molar-refractivity contribution in [2.75, 3.05) is 77.9 Å². The van der Waals surface area contributed by atoms with Crippen molar-refractivity contribution >= 4 is 45.1 Å². The summed E-state index contributed by atoms with van der Waals surface area (Å²) in [6.45, 7) is 5.33. The largest absolute Gasteiger partial charge is 0.394 e. The molecule has 6 aliphatic rings. The summed E-state index contributed by atoms with van der Waals surface area (Å²) in [7, 11) is -2.07. The number of aromatic nitrogens is 4. The molecule has 2 unspecified atom stereocenters. The number of nitrogens with zero attached hydrogens (tertiary/aromatic N) is 6. The Morgan fingerprint density at radius 2 is 1.14 bits per heavy atom. The summed E-state index contributed by atoms with van der Waals surface area (Å²) in [6.07, 6.45) is 22.7. The molecule has 5 aliphatic heterocycles. The van der Waals surface area contributed by atoms with Gasteiger partial charge >= 0.3 is 0 Å². The highest BCUT2D eigenvalue weighted by atomic mass is 32.2. The third-order valence-electron chi connectivity index (χ3n) is 13.5. The van der Waals surface area contributed by atoms with Crippen molar-refractivity contribution in [2.45, 2.75) is 98.4 Å². The highest BCUT2D eigenvalue weighted by Gasteiger charge is 2.44. The molecule has 4 aromatic rings. The maximum atomic E-state index is 12.6. The van der Waals surface area contributed by atoms with Crippen molar-refractivity contribution in [3.05, 3.63) is 82.2 Å². The van der Waals surface area contributed by atoms with Crippen LogP contribution in [0.5, 0.6) is 0 Å². The van der Waals surface area contributed by atoms with Gasteiger partial charge in [-0.3, -0.25) is 8.42 Å². The van der Waals surface area contributed by atoms with Gasteiger partial charge in [-0.15, -0.1) is 12.8 Å². The lowest BCUT2D eigenvalue weighted by molar-refractivity contribution is 0.0903. The van der Waals surface area contributed by atoms with E-state index in [1.54, 1.807) is 0 Å². The summed E-state index contributed by atoms with van der Waals surface area (Å²) < 4.78 is 30.6. The molecule has 3 N–H and O–H groups in total. The average Bonchev–Trinajstić information content (AvgIpc) is 3.85. The van der Waals surface area contributed by atoms with Crippen LogP contribution < -0.4 is 20.4 Å². The smallest absolute Gasteiger partial charge is 0.227 e. The maximum absolute atomic E-state index is 12.6. The molecule has 7 heterocycles. The monoisotopic (exact) mass is 886 g/mol. The quantitative estimate of drug-likeness (QED) is 0.159. The summed E-state index contributed by atoms with van der Waals surface area (Å²) >= 11 is 0. The van der Waals surface area contributed by atoms with Crippen molar-refractivity contribution in [1.29, 1.82) is 0 Å². The molecule has 330 valence electrons. The van der Waals surface area contributed by atoms with E-state index in [2.05, 4.69) is 56.5 Å². The normalized spacial score (nSPS) is 22.0. The van der Waals surface area contributed by atoms with Gasteiger partial charge in [-0.05, 0) is 111 Å². The summed E-state index contributed by atoms with van der Waals surface area (Å²) in [5, 5.41) is 16.7. The Labute approximate surface area is 376 Å². The molecule has 3 saturated heterocycles. The van der Waals surface area contributed by atoms with E-state index < -0.39 is 21.6 Å². The predicted molar refractivity (Wildman–Crippen MR) is 250 cm³/mol. The van der Waals surface area contributed by atoms with Crippen LogP contribution in [-0.4, -0.2) is 103 Å². The molecule has 1 aliphatic carbocycles. The van der Waals surface area contributed by atoms with Crippen molar-refractivity contribution in [1.82, 2.24) is 19.9 Å². The number of nitrogens with one attached hydrogen (secondary N) is 2. The molecule has 2 atom stereocenters. The van der Waals surface area contributed by atoms with Crippen molar-refractivity contribution in [2.24, 2.45) is 11.8 Å². The van der Waals surface area contributed by atoms with Gasteiger partial charge in [0.25, 0.3) is 0 Å². The summed E-state index contributed by atoms with van der Waals surface area (Å²) in [6, 6.07) is 17.0. The van der Waals surface area contributed by atoms with Crippen LogP contribution in [0.25, 0.3) is 0 Å². The van der Waals surface area contributed by atoms with Gasteiger partial charge in [0.1, 0.15) is 21.4 Å². The summed E-state index contributed by atoms with van der Waals surface area (Å²) in [5.74, 6) is 10.9. The van der Waals surface area contributed by atoms with Crippen LogP contribution in [0.2, 0.25) is 0 Å². The van der Waals surface area contributed by atoms with E-state index in [1.807, 2.05) is 24.3 Å². The summed E-state index contributed by atoms with van der Waals surface area (Å²) in [5.41, 5.74) is 6.10. The standard InChI is InChI=1S/C25H30N4O2S.C24H28N4O2S/c1-2-18-3-5-19(6-4-18)17-20-7-12-29(13-8-20)25-27-22-11-16-32(30)23(22)24(28-25)26-21-9-14-31-15-10-21;1-2-17-3-5-18(6-4-17)15-19-7-12-28(13-8-19)23-25-20-9-14-31(30)21(20)22(26-23)27-24(16-29)10-11-24/h1,3-6,20-21H,7-17H2,(H,26,27,28);1,3-6,19,29H,7-16H2,(H,25,26,27). The van der Waals surface area contributed by atoms with E-state index in [0.29, 0.717) is 35.2 Å². The number of aryl methyl sites for hydroxylation is 2. The SMILES string of the molecule is C#Cc1ccc(CC2CCN(c3nc4c(c(NC5(CO)CC5)n3)S(=O)CC4)CC2)cc1.C#Cc1ccc(CC2CCN(c3nc4c(c(NC5CCOCC5)n3)S(=O)CC4)CC2)cc1. The Kier molecular flexibility index (Phi) is 13.4. The topological polar surface area (TPSA) is 146 Å². The Bertz CT molecular complexity index is 2390. The van der Waals surface area contributed by atoms with Gasteiger partial charge in [0, 0.05) is 80.9 Å². The van der Waals surface area contributed by atoms with Gasteiger partial charge in [0.05, 0.1) is 45.1 Å². The number of benzene rings is 2. The van der Waals surface area contributed by atoms with Gasteiger partial charge in [-0.2, -0.15) is 9.97 Å². The lowest BCUT2D eigenvalue weighted by atomic mass is 9.90. The van der Waals surface area contributed by atoms with E-state index in [1.165, 1.54) is 11.1 Å². The molecular formula is C49H58N8O4S2. The lowest BCUT2D eigenvalue weighted by Crippen LogP contribution is -2.36. The van der Waals surface area contributed by atoms with Gasteiger partial charge in [-0.25, -0.2) is 9.97 Å². The van der Waals surface area contributed by atoms with E-state index >= 15 is 0 Å². The van der Waals surface area contributed by atoms with Gasteiger partial charge in [0.2, 0.25) is 11.9 Å². The summed E-state index contributed by atoms with van der Waals surface area (Å²) in [4.78, 5) is 25.5. The van der Waals surface area contributed by atoms with E-state index in [-0.39, 0.29) is 12.1 Å². The molecule has 1 saturated carbocycles. The van der Waals surface area contributed by atoms with E-state index in [0.717, 1.165) is 166 Å². The van der Waals surface area contributed by atoms with Gasteiger partial charge in [0.15, 0.2) is 0 Å². The van der Waals surface area contributed by atoms with Crippen LogP contribution in [0.15, 0.2) is 58.3 Å². The van der Waals surface area contributed by atoms with Gasteiger partial charge < -0.3 is 30.3 Å². The number of anilines is 4. The first-order valence-electron chi connectivity index (χ1n) is 22.7.